The standard InChI is InChI=1S/C18H23N5O.C6H13NO3S/c1-13-19-11-15(24-13)12-23-17-6-4-3-5-16(17)21-18(23)20-14-7-9-22(2)10-8-14;8-11(9,10)7-6-4-2-1-3-5-6/h3-6,11,14H,7-10,12H2,1-2H3,(H,20,21);6-7H,1-5H2,(H,8,9,10). The van der Waals surface area contributed by atoms with Gasteiger partial charge in [-0.25, -0.2) is 9.97 Å². The molecule has 3 aromatic rings. The van der Waals surface area contributed by atoms with Crippen molar-refractivity contribution in [2.45, 2.75) is 70.5 Å². The predicted molar refractivity (Wildman–Crippen MR) is 136 cm³/mol. The van der Waals surface area contributed by atoms with E-state index in [0.29, 0.717) is 18.5 Å². The largest absolute Gasteiger partial charge is 0.444 e. The first-order chi connectivity index (χ1) is 16.8. The maximum atomic E-state index is 10.3. The number of likely N-dealkylation sites (tertiary alicyclic amines) is 1. The van der Waals surface area contributed by atoms with Gasteiger partial charge in [0, 0.05) is 19.0 Å². The van der Waals surface area contributed by atoms with Gasteiger partial charge in [0.05, 0.1) is 23.8 Å². The van der Waals surface area contributed by atoms with E-state index in [-0.39, 0.29) is 6.04 Å². The van der Waals surface area contributed by atoms with E-state index in [1.165, 1.54) is 6.42 Å². The number of nitrogens with zero attached hydrogens (tertiary/aromatic N) is 4. The highest BCUT2D eigenvalue weighted by Crippen LogP contribution is 2.24. The second-order valence-electron chi connectivity index (χ2n) is 9.51. The molecular formula is C24H36N6O4S. The number of para-hydroxylation sites is 2. The first kappa shape index (κ1) is 25.6. The van der Waals surface area contributed by atoms with Crippen LogP contribution in [0.3, 0.4) is 0 Å². The van der Waals surface area contributed by atoms with Crippen molar-refractivity contribution in [1.29, 1.82) is 0 Å². The lowest BCUT2D eigenvalue weighted by Crippen LogP contribution is -2.37. The molecule has 5 rings (SSSR count). The third-order valence-corrected chi connectivity index (χ3v) is 7.24. The molecule has 0 atom stereocenters. The van der Waals surface area contributed by atoms with Crippen LogP contribution in [0.4, 0.5) is 5.95 Å². The maximum Gasteiger partial charge on any atom is 0.333 e. The van der Waals surface area contributed by atoms with Crippen molar-refractivity contribution in [3.05, 3.63) is 42.1 Å². The quantitative estimate of drug-likeness (QED) is 0.435. The van der Waals surface area contributed by atoms with E-state index >= 15 is 0 Å². The molecule has 11 heteroatoms. The van der Waals surface area contributed by atoms with Crippen molar-refractivity contribution in [3.8, 4) is 0 Å². The second kappa shape index (κ2) is 11.5. The molecule has 1 aromatic carbocycles. The highest BCUT2D eigenvalue weighted by Gasteiger charge is 2.20. The van der Waals surface area contributed by atoms with E-state index in [1.54, 1.807) is 6.20 Å². The molecular weight excluding hydrogens is 468 g/mol. The van der Waals surface area contributed by atoms with Gasteiger partial charge in [-0.15, -0.1) is 0 Å². The number of anilines is 1. The lowest BCUT2D eigenvalue weighted by molar-refractivity contribution is 0.263. The first-order valence-electron chi connectivity index (χ1n) is 12.3. The van der Waals surface area contributed by atoms with Crippen LogP contribution in [0.5, 0.6) is 0 Å². The molecule has 35 heavy (non-hydrogen) atoms. The molecule has 3 N–H and O–H groups in total. The van der Waals surface area contributed by atoms with Crippen LogP contribution in [0.25, 0.3) is 11.0 Å². The fourth-order valence-electron chi connectivity index (χ4n) is 4.75. The summed E-state index contributed by atoms with van der Waals surface area (Å²) in [6, 6.07) is 8.65. The Labute approximate surface area is 207 Å². The molecule has 1 aliphatic carbocycles. The Bertz CT molecular complexity index is 1190. The Morgan fingerprint density at radius 1 is 1.09 bits per heavy atom. The monoisotopic (exact) mass is 504 g/mol. The predicted octanol–water partition coefficient (Wildman–Crippen LogP) is 3.60. The summed E-state index contributed by atoms with van der Waals surface area (Å²) in [4.78, 5) is 11.4. The molecule has 3 heterocycles. The molecule has 1 saturated heterocycles. The Hall–Kier alpha value is -2.47. The Morgan fingerprint density at radius 3 is 2.46 bits per heavy atom. The summed E-state index contributed by atoms with van der Waals surface area (Å²) in [5.41, 5.74) is 2.12. The van der Waals surface area contributed by atoms with Crippen LogP contribution < -0.4 is 10.0 Å². The van der Waals surface area contributed by atoms with Crippen molar-refractivity contribution >= 4 is 27.3 Å². The fourth-order valence-corrected chi connectivity index (χ4v) is 5.40. The van der Waals surface area contributed by atoms with Gasteiger partial charge in [0.1, 0.15) is 5.76 Å². The minimum absolute atomic E-state index is 0.0428. The maximum absolute atomic E-state index is 10.3. The van der Waals surface area contributed by atoms with Gasteiger partial charge >= 0.3 is 10.3 Å². The number of aryl methyl sites for hydroxylation is 1. The van der Waals surface area contributed by atoms with Crippen molar-refractivity contribution in [1.82, 2.24) is 24.2 Å². The molecule has 10 nitrogen and oxygen atoms in total. The SMILES string of the molecule is Cc1ncc(Cn2c(NC3CCN(C)CC3)nc3ccccc32)o1.O=S(=O)(O)NC1CCCCC1. The highest BCUT2D eigenvalue weighted by atomic mass is 32.2. The second-order valence-corrected chi connectivity index (χ2v) is 10.7. The number of hydrogen-bond donors (Lipinski definition) is 3. The van der Waals surface area contributed by atoms with E-state index in [0.717, 1.165) is 74.4 Å². The van der Waals surface area contributed by atoms with Crippen LogP contribution in [0.15, 0.2) is 34.9 Å². The van der Waals surface area contributed by atoms with Crippen LogP contribution in [-0.2, 0) is 16.8 Å². The number of oxazole rings is 1. The molecule has 2 aromatic heterocycles. The van der Waals surface area contributed by atoms with E-state index in [2.05, 4.69) is 43.7 Å². The molecule has 0 unspecified atom stereocenters. The molecule has 1 saturated carbocycles. The van der Waals surface area contributed by atoms with Gasteiger partial charge in [-0.2, -0.15) is 13.1 Å². The number of benzene rings is 1. The van der Waals surface area contributed by atoms with Crippen molar-refractivity contribution in [3.63, 3.8) is 0 Å². The smallest absolute Gasteiger partial charge is 0.333 e. The molecule has 2 fully saturated rings. The summed E-state index contributed by atoms with van der Waals surface area (Å²) in [6.07, 6.45) is 9.04. The summed E-state index contributed by atoms with van der Waals surface area (Å²) in [6.45, 7) is 4.75. The lowest BCUT2D eigenvalue weighted by atomic mass is 9.96. The van der Waals surface area contributed by atoms with Gasteiger partial charge in [-0.3, -0.25) is 4.55 Å². The Balaban J connectivity index is 0.000000221. The van der Waals surface area contributed by atoms with E-state index in [1.807, 2.05) is 19.1 Å². The molecule has 0 bridgehead atoms. The molecule has 2 aliphatic rings. The van der Waals surface area contributed by atoms with Gasteiger partial charge in [0.2, 0.25) is 5.95 Å². The summed E-state index contributed by atoms with van der Waals surface area (Å²) in [5.74, 6) is 2.46. The highest BCUT2D eigenvalue weighted by molar-refractivity contribution is 7.83. The number of imidazole rings is 1. The Morgan fingerprint density at radius 2 is 1.80 bits per heavy atom. The number of aromatic nitrogens is 3. The minimum atomic E-state index is -3.97. The zero-order valence-electron chi connectivity index (χ0n) is 20.5. The number of piperidine rings is 1. The minimum Gasteiger partial charge on any atom is -0.444 e. The number of fused-ring (bicyclic) bond motifs is 1. The van der Waals surface area contributed by atoms with E-state index < -0.39 is 10.3 Å². The van der Waals surface area contributed by atoms with Gasteiger partial charge < -0.3 is 19.2 Å². The van der Waals surface area contributed by atoms with E-state index in [9.17, 15) is 8.42 Å². The van der Waals surface area contributed by atoms with Gasteiger partial charge in [-0.1, -0.05) is 31.4 Å². The Kier molecular flexibility index (Phi) is 8.42. The summed E-state index contributed by atoms with van der Waals surface area (Å²) < 4.78 is 39.2. The van der Waals surface area contributed by atoms with Crippen LogP contribution in [0.1, 0.15) is 56.6 Å². The fraction of sp³-hybridized carbons (Fsp3) is 0.583. The number of nitrogens with one attached hydrogen (secondary N) is 2. The van der Waals surface area contributed by atoms with Crippen LogP contribution in [0, 0.1) is 6.92 Å². The third kappa shape index (κ3) is 7.50. The average Bonchev–Trinajstić information content (AvgIpc) is 3.39. The molecule has 0 spiro atoms. The summed E-state index contributed by atoms with van der Waals surface area (Å²) >= 11 is 0. The van der Waals surface area contributed by atoms with Crippen LogP contribution in [0.2, 0.25) is 0 Å². The summed E-state index contributed by atoms with van der Waals surface area (Å²) in [5, 5.41) is 3.65. The summed E-state index contributed by atoms with van der Waals surface area (Å²) in [7, 11) is -1.80. The van der Waals surface area contributed by atoms with Crippen LogP contribution >= 0.6 is 0 Å². The molecule has 0 amide bonds. The third-order valence-electron chi connectivity index (χ3n) is 6.61. The normalized spacial score (nSPS) is 18.4. The molecule has 192 valence electrons. The van der Waals surface area contributed by atoms with Gasteiger partial charge in [0.15, 0.2) is 5.89 Å². The number of hydrogen-bond acceptors (Lipinski definition) is 7. The van der Waals surface area contributed by atoms with Gasteiger partial charge in [-0.05, 0) is 58.0 Å². The van der Waals surface area contributed by atoms with Crippen molar-refractivity contribution in [2.24, 2.45) is 0 Å². The average molecular weight is 505 g/mol. The topological polar surface area (TPSA) is 126 Å². The van der Waals surface area contributed by atoms with Crippen molar-refractivity contribution in [2.75, 3.05) is 25.5 Å². The first-order valence-corrected chi connectivity index (χ1v) is 13.8. The molecule has 0 radical (unpaired) electrons. The zero-order valence-corrected chi connectivity index (χ0v) is 21.3. The lowest BCUT2D eigenvalue weighted by Gasteiger charge is -2.29. The van der Waals surface area contributed by atoms with Crippen LogP contribution in [-0.4, -0.2) is 64.6 Å². The van der Waals surface area contributed by atoms with Gasteiger partial charge in [0.25, 0.3) is 0 Å². The van der Waals surface area contributed by atoms with E-state index in [4.69, 9.17) is 14.0 Å². The zero-order chi connectivity index (χ0) is 24.8. The van der Waals surface area contributed by atoms with Crippen molar-refractivity contribution < 1.29 is 17.4 Å². The molecule has 1 aliphatic heterocycles. The number of rotatable bonds is 6.